The number of hydrogen-bond donors (Lipinski definition) is 2. The Bertz CT molecular complexity index is 321. The summed E-state index contributed by atoms with van der Waals surface area (Å²) in [6, 6.07) is 8.01. The summed E-state index contributed by atoms with van der Waals surface area (Å²) in [5, 5.41) is 2.16. The van der Waals surface area contributed by atoms with Crippen molar-refractivity contribution in [1.82, 2.24) is 10.9 Å². The second-order valence-corrected chi connectivity index (χ2v) is 2.34. The van der Waals surface area contributed by atoms with Crippen LogP contribution >= 0.6 is 0 Å². The van der Waals surface area contributed by atoms with Gasteiger partial charge in [-0.25, -0.2) is 5.43 Å². The van der Waals surface area contributed by atoms with Crippen LogP contribution in [0, 0.1) is 0 Å². The first-order valence-corrected chi connectivity index (χ1v) is 3.55. The lowest BCUT2D eigenvalue weighted by Crippen LogP contribution is -2.27. The lowest BCUT2D eigenvalue weighted by molar-refractivity contribution is 0.666. The molecule has 3 nitrogen and oxygen atoms in total. The predicted molar refractivity (Wildman–Crippen MR) is 42.8 cm³/mol. The molecule has 56 valence electrons. The van der Waals surface area contributed by atoms with Gasteiger partial charge in [-0.3, -0.25) is 4.99 Å². The fourth-order valence-corrected chi connectivity index (χ4v) is 1.05. The molecular weight excluding hydrogens is 138 g/mol. The number of hydrogen-bond acceptors (Lipinski definition) is 3. The average Bonchev–Trinajstić information content (AvgIpc) is 2.28. The van der Waals surface area contributed by atoms with E-state index in [1.54, 1.807) is 0 Å². The minimum Gasteiger partial charge on any atom is -0.326 e. The molecule has 3 heteroatoms. The molecule has 0 aliphatic carbocycles. The number of nitrogens with one attached hydrogen (secondary N) is 2. The maximum Gasteiger partial charge on any atom is 0.106 e. The van der Waals surface area contributed by atoms with Crippen molar-refractivity contribution in [3.63, 3.8) is 0 Å². The van der Waals surface area contributed by atoms with Crippen LogP contribution < -0.4 is 21.4 Å². The third kappa shape index (κ3) is 1.23. The van der Waals surface area contributed by atoms with Gasteiger partial charge in [0.1, 0.15) is 6.67 Å². The van der Waals surface area contributed by atoms with E-state index >= 15 is 0 Å². The molecule has 0 amide bonds. The van der Waals surface area contributed by atoms with Gasteiger partial charge in [-0.2, -0.15) is 0 Å². The molecule has 1 aromatic rings. The van der Waals surface area contributed by atoms with E-state index in [0.29, 0.717) is 6.67 Å². The van der Waals surface area contributed by atoms with Gasteiger partial charge in [-0.15, -0.1) is 0 Å². The molecule has 1 aromatic carbocycles. The van der Waals surface area contributed by atoms with Crippen LogP contribution in [0.25, 0.3) is 6.20 Å². The summed E-state index contributed by atoms with van der Waals surface area (Å²) in [4.78, 5) is 4.28. The second-order valence-electron chi connectivity index (χ2n) is 2.34. The molecule has 0 saturated carbocycles. The summed E-state index contributed by atoms with van der Waals surface area (Å²) >= 11 is 0. The first kappa shape index (κ1) is 6.37. The number of hydrazine groups is 1. The van der Waals surface area contributed by atoms with Crippen LogP contribution in [0.4, 0.5) is 0 Å². The zero-order valence-corrected chi connectivity index (χ0v) is 6.04. The number of benzene rings is 1. The van der Waals surface area contributed by atoms with Crippen LogP contribution in [-0.4, -0.2) is 6.67 Å². The van der Waals surface area contributed by atoms with Crippen molar-refractivity contribution in [3.8, 4) is 0 Å². The first-order valence-electron chi connectivity index (χ1n) is 3.55. The van der Waals surface area contributed by atoms with E-state index in [2.05, 4.69) is 15.8 Å². The fraction of sp³-hybridized carbons (Fsp3) is 0.125. The molecule has 0 fully saturated rings. The van der Waals surface area contributed by atoms with Gasteiger partial charge in [-0.1, -0.05) is 18.2 Å². The molecule has 0 saturated heterocycles. The van der Waals surface area contributed by atoms with Crippen molar-refractivity contribution in [1.29, 1.82) is 0 Å². The van der Waals surface area contributed by atoms with Crippen LogP contribution in [-0.2, 0) is 0 Å². The summed E-state index contributed by atoms with van der Waals surface area (Å²) in [5.74, 6) is 0. The van der Waals surface area contributed by atoms with Crippen molar-refractivity contribution >= 4 is 6.20 Å². The molecule has 0 spiro atoms. The maximum atomic E-state index is 4.28. The van der Waals surface area contributed by atoms with Crippen LogP contribution in [0.5, 0.6) is 0 Å². The molecule has 1 aliphatic rings. The van der Waals surface area contributed by atoms with E-state index < -0.39 is 0 Å². The van der Waals surface area contributed by atoms with Gasteiger partial charge in [0.25, 0.3) is 0 Å². The molecule has 0 unspecified atom stereocenters. The Morgan fingerprint density at radius 1 is 1.27 bits per heavy atom. The largest absolute Gasteiger partial charge is 0.326 e. The van der Waals surface area contributed by atoms with E-state index in [-0.39, 0.29) is 0 Å². The maximum absolute atomic E-state index is 4.28. The van der Waals surface area contributed by atoms with Crippen LogP contribution in [0.3, 0.4) is 0 Å². The lowest BCUT2D eigenvalue weighted by Gasteiger charge is -1.93. The zero-order chi connectivity index (χ0) is 7.52. The monoisotopic (exact) mass is 147 g/mol. The van der Waals surface area contributed by atoms with Crippen molar-refractivity contribution < 1.29 is 0 Å². The van der Waals surface area contributed by atoms with E-state index in [1.807, 2.05) is 30.5 Å². The topological polar surface area (TPSA) is 36.4 Å². The Balaban J connectivity index is 2.73. The van der Waals surface area contributed by atoms with E-state index in [0.717, 1.165) is 10.6 Å². The predicted octanol–water partition coefficient (Wildman–Crippen LogP) is -0.890. The highest BCUT2D eigenvalue weighted by molar-refractivity contribution is 5.20. The molecule has 0 aromatic heterocycles. The van der Waals surface area contributed by atoms with Crippen molar-refractivity contribution in [3.05, 3.63) is 34.8 Å². The minimum absolute atomic E-state index is 0.619. The van der Waals surface area contributed by atoms with E-state index in [9.17, 15) is 0 Å². The number of rotatable bonds is 0. The second kappa shape index (κ2) is 2.72. The summed E-state index contributed by atoms with van der Waals surface area (Å²) in [5.41, 5.74) is 5.86. The quantitative estimate of drug-likeness (QED) is 0.499. The Hall–Kier alpha value is -1.35. The highest BCUT2D eigenvalue weighted by atomic mass is 15.4. The van der Waals surface area contributed by atoms with Crippen molar-refractivity contribution in [2.45, 2.75) is 0 Å². The Morgan fingerprint density at radius 2 is 2.18 bits per heavy atom. The first-order chi connectivity index (χ1) is 5.47. The third-order valence-electron chi connectivity index (χ3n) is 1.59. The van der Waals surface area contributed by atoms with Crippen LogP contribution in [0.1, 0.15) is 0 Å². The van der Waals surface area contributed by atoms with Gasteiger partial charge >= 0.3 is 0 Å². The summed E-state index contributed by atoms with van der Waals surface area (Å²) in [7, 11) is 0. The number of nitrogens with zero attached hydrogens (tertiary/aromatic N) is 1. The third-order valence-corrected chi connectivity index (χ3v) is 1.59. The van der Waals surface area contributed by atoms with E-state index in [4.69, 9.17) is 0 Å². The number of para-hydroxylation sites is 1. The van der Waals surface area contributed by atoms with Gasteiger partial charge < -0.3 is 5.43 Å². The van der Waals surface area contributed by atoms with Gasteiger partial charge in [0.2, 0.25) is 0 Å². The SMILES string of the molecule is C1=c2ccccc2=NCNN1. The summed E-state index contributed by atoms with van der Waals surface area (Å²) in [6.45, 7) is 0.619. The van der Waals surface area contributed by atoms with Gasteiger partial charge in [-0.05, 0) is 6.07 Å². The zero-order valence-electron chi connectivity index (χ0n) is 6.04. The van der Waals surface area contributed by atoms with Gasteiger partial charge in [0, 0.05) is 11.4 Å². The van der Waals surface area contributed by atoms with Crippen molar-refractivity contribution in [2.75, 3.05) is 6.67 Å². The van der Waals surface area contributed by atoms with Gasteiger partial charge in [0.05, 0.1) is 5.36 Å². The highest BCUT2D eigenvalue weighted by Crippen LogP contribution is 1.72. The Morgan fingerprint density at radius 3 is 3.18 bits per heavy atom. The molecule has 0 atom stereocenters. The molecular formula is C8H9N3. The van der Waals surface area contributed by atoms with E-state index in [1.165, 1.54) is 0 Å². The molecule has 0 bridgehead atoms. The Labute approximate surface area is 64.4 Å². The smallest absolute Gasteiger partial charge is 0.106 e. The van der Waals surface area contributed by atoms with Crippen molar-refractivity contribution in [2.24, 2.45) is 4.99 Å². The van der Waals surface area contributed by atoms with Crippen LogP contribution in [0.15, 0.2) is 29.3 Å². The lowest BCUT2D eigenvalue weighted by atomic mass is 10.3. The van der Waals surface area contributed by atoms with Crippen LogP contribution in [0.2, 0.25) is 0 Å². The molecule has 2 N–H and O–H groups in total. The standard InChI is InChI=1S/C8H9N3/c1-2-4-8-7(3-1)5-10-11-6-9-8/h1-5,10-11H,6H2. The average molecular weight is 147 g/mol. The fourth-order valence-electron chi connectivity index (χ4n) is 1.05. The van der Waals surface area contributed by atoms with Gasteiger partial charge in [0.15, 0.2) is 0 Å². The normalized spacial score (nSPS) is 14.9. The molecule has 0 radical (unpaired) electrons. The highest BCUT2D eigenvalue weighted by Gasteiger charge is 1.88. The molecule has 11 heavy (non-hydrogen) atoms. The molecule has 1 heterocycles. The summed E-state index contributed by atoms with van der Waals surface area (Å²) < 4.78 is 0. The molecule has 1 aliphatic heterocycles. The molecule has 2 rings (SSSR count). The Kier molecular flexibility index (Phi) is 1.57. The number of fused-ring (bicyclic) bond motifs is 1. The summed E-state index contributed by atoms with van der Waals surface area (Å²) in [6.07, 6.45) is 1.91. The minimum atomic E-state index is 0.619.